The summed E-state index contributed by atoms with van der Waals surface area (Å²) in [5.74, 6) is -0.682. The minimum atomic E-state index is -4.43. The zero-order valence-corrected chi connectivity index (χ0v) is 18.9. The number of carbonyl (C=O) groups is 1. The van der Waals surface area contributed by atoms with Crippen LogP contribution in [-0.4, -0.2) is 12.5 Å². The van der Waals surface area contributed by atoms with Gasteiger partial charge in [0, 0.05) is 6.04 Å². The summed E-state index contributed by atoms with van der Waals surface area (Å²) in [6.07, 6.45) is -3.73. The SMILES string of the molecule is Cc1ccc([C@@H](N[C@@H](CCc2ccc(C(F)(F)F)cc2)c2cccc(OC(F)F)c2)C(N)=O)cc1. The van der Waals surface area contributed by atoms with Crippen molar-refractivity contribution in [1.29, 1.82) is 0 Å². The van der Waals surface area contributed by atoms with Gasteiger partial charge in [0.1, 0.15) is 11.8 Å². The summed E-state index contributed by atoms with van der Waals surface area (Å²) in [6, 6.07) is 16.6. The lowest BCUT2D eigenvalue weighted by atomic mass is 9.95. The number of alkyl halides is 5. The van der Waals surface area contributed by atoms with Gasteiger partial charge in [0.05, 0.1) is 5.56 Å². The fourth-order valence-corrected chi connectivity index (χ4v) is 3.73. The van der Waals surface area contributed by atoms with Crippen molar-refractivity contribution in [3.63, 3.8) is 0 Å². The van der Waals surface area contributed by atoms with Crippen molar-refractivity contribution in [2.75, 3.05) is 0 Å². The molecular weight excluding hydrogens is 467 g/mol. The minimum absolute atomic E-state index is 0.0511. The Labute approximate surface area is 199 Å². The molecule has 9 heteroatoms. The normalized spacial score (nSPS) is 13.5. The van der Waals surface area contributed by atoms with E-state index in [1.54, 1.807) is 24.3 Å². The van der Waals surface area contributed by atoms with Crippen LogP contribution in [0.1, 0.15) is 46.3 Å². The summed E-state index contributed by atoms with van der Waals surface area (Å²) >= 11 is 0. The predicted molar refractivity (Wildman–Crippen MR) is 122 cm³/mol. The molecule has 0 radical (unpaired) electrons. The van der Waals surface area contributed by atoms with Gasteiger partial charge < -0.3 is 10.5 Å². The number of hydrogen-bond donors (Lipinski definition) is 2. The molecule has 3 rings (SSSR count). The number of benzene rings is 3. The molecule has 0 saturated heterocycles. The summed E-state index contributed by atoms with van der Waals surface area (Å²) in [7, 11) is 0. The molecule has 0 bridgehead atoms. The Bertz CT molecular complexity index is 1120. The van der Waals surface area contributed by atoms with Gasteiger partial charge in [0.25, 0.3) is 0 Å². The molecule has 0 spiro atoms. The highest BCUT2D eigenvalue weighted by atomic mass is 19.4. The van der Waals surface area contributed by atoms with Gasteiger partial charge in [-0.05, 0) is 60.7 Å². The number of hydrogen-bond acceptors (Lipinski definition) is 3. The average Bonchev–Trinajstić information content (AvgIpc) is 2.79. The molecule has 3 N–H and O–H groups in total. The molecule has 4 nitrogen and oxygen atoms in total. The molecule has 0 aromatic heterocycles. The van der Waals surface area contributed by atoms with Gasteiger partial charge in [-0.15, -0.1) is 0 Å². The maximum Gasteiger partial charge on any atom is 0.416 e. The van der Waals surface area contributed by atoms with E-state index in [-0.39, 0.29) is 5.75 Å². The van der Waals surface area contributed by atoms with E-state index in [2.05, 4.69) is 10.1 Å². The van der Waals surface area contributed by atoms with Crippen molar-refractivity contribution >= 4 is 5.91 Å². The summed E-state index contributed by atoms with van der Waals surface area (Å²) in [5, 5.41) is 3.19. The molecule has 0 heterocycles. The number of aryl methyl sites for hydroxylation is 2. The molecule has 3 aromatic rings. The second-order valence-electron chi connectivity index (χ2n) is 8.15. The molecule has 0 aliphatic heterocycles. The van der Waals surface area contributed by atoms with Gasteiger partial charge in [0.15, 0.2) is 0 Å². The van der Waals surface area contributed by atoms with E-state index in [1.165, 1.54) is 24.3 Å². The van der Waals surface area contributed by atoms with E-state index >= 15 is 0 Å². The lowest BCUT2D eigenvalue weighted by Gasteiger charge is -2.25. The zero-order valence-electron chi connectivity index (χ0n) is 18.9. The van der Waals surface area contributed by atoms with Crippen molar-refractivity contribution in [2.45, 2.75) is 44.6 Å². The average molecular weight is 492 g/mol. The van der Waals surface area contributed by atoms with Crippen LogP contribution in [-0.2, 0) is 17.4 Å². The Balaban J connectivity index is 1.87. The van der Waals surface area contributed by atoms with Gasteiger partial charge in [-0.25, -0.2) is 0 Å². The molecular formula is C26H25F5N2O2. The molecule has 0 fully saturated rings. The number of primary amides is 1. The Morgan fingerprint density at radius 3 is 2.20 bits per heavy atom. The first kappa shape index (κ1) is 26.2. The first-order chi connectivity index (χ1) is 16.5. The predicted octanol–water partition coefficient (Wildman–Crippen LogP) is 6.11. The number of carbonyl (C=O) groups excluding carboxylic acids is 1. The fourth-order valence-electron chi connectivity index (χ4n) is 3.73. The van der Waals surface area contributed by atoms with Crippen LogP contribution in [0.4, 0.5) is 22.0 Å². The lowest BCUT2D eigenvalue weighted by molar-refractivity contribution is -0.137. The van der Waals surface area contributed by atoms with Gasteiger partial charge in [-0.2, -0.15) is 22.0 Å². The summed E-state index contributed by atoms with van der Waals surface area (Å²) in [6.45, 7) is -1.10. The summed E-state index contributed by atoms with van der Waals surface area (Å²) < 4.78 is 68.6. The maximum atomic E-state index is 12.9. The molecule has 0 unspecified atom stereocenters. The Hall–Kier alpha value is -3.46. The van der Waals surface area contributed by atoms with Gasteiger partial charge in [-0.1, -0.05) is 54.1 Å². The van der Waals surface area contributed by atoms with Crippen molar-refractivity contribution in [3.8, 4) is 5.75 Å². The number of ether oxygens (including phenoxy) is 1. The van der Waals surface area contributed by atoms with Crippen molar-refractivity contribution < 1.29 is 31.5 Å². The third-order valence-corrected chi connectivity index (χ3v) is 5.55. The van der Waals surface area contributed by atoms with E-state index in [0.717, 1.165) is 17.7 Å². The third-order valence-electron chi connectivity index (χ3n) is 5.55. The monoisotopic (exact) mass is 492 g/mol. The second-order valence-corrected chi connectivity index (χ2v) is 8.15. The van der Waals surface area contributed by atoms with Gasteiger partial charge in [0.2, 0.25) is 5.91 Å². The highest BCUT2D eigenvalue weighted by Gasteiger charge is 2.30. The number of rotatable bonds is 10. The number of nitrogens with one attached hydrogen (secondary N) is 1. The van der Waals surface area contributed by atoms with Crippen molar-refractivity contribution in [3.05, 3.63) is 101 Å². The first-order valence-corrected chi connectivity index (χ1v) is 10.9. The van der Waals surface area contributed by atoms with Gasteiger partial charge in [-0.3, -0.25) is 10.1 Å². The molecule has 3 aromatic carbocycles. The molecule has 35 heavy (non-hydrogen) atoms. The van der Waals surface area contributed by atoms with Crippen molar-refractivity contribution in [2.24, 2.45) is 5.73 Å². The van der Waals surface area contributed by atoms with Crippen molar-refractivity contribution in [1.82, 2.24) is 5.32 Å². The molecule has 0 aliphatic carbocycles. The van der Waals surface area contributed by atoms with Crippen LogP contribution in [0.15, 0.2) is 72.8 Å². The summed E-state index contributed by atoms with van der Waals surface area (Å²) in [5.41, 5.74) is 7.75. The van der Waals surface area contributed by atoms with E-state index < -0.39 is 36.3 Å². The summed E-state index contributed by atoms with van der Waals surface area (Å²) in [4.78, 5) is 12.3. The van der Waals surface area contributed by atoms with Crippen LogP contribution in [0.2, 0.25) is 0 Å². The zero-order chi connectivity index (χ0) is 25.6. The molecule has 186 valence electrons. The van der Waals surface area contributed by atoms with Crippen LogP contribution >= 0.6 is 0 Å². The molecule has 0 saturated carbocycles. The van der Waals surface area contributed by atoms with Crippen LogP contribution in [0.5, 0.6) is 5.75 Å². The minimum Gasteiger partial charge on any atom is -0.435 e. The number of nitrogens with two attached hydrogens (primary N) is 1. The van der Waals surface area contributed by atoms with E-state index in [9.17, 15) is 26.7 Å². The highest BCUT2D eigenvalue weighted by Crippen LogP contribution is 2.31. The maximum absolute atomic E-state index is 12.9. The number of halogens is 5. The standard InChI is InChI=1S/C26H25F5N2O2/c1-16-5-10-18(11-6-16)23(24(32)34)33-22(19-3-2-4-21(15-19)35-25(27)28)14-9-17-7-12-20(13-8-17)26(29,30)31/h2-8,10-13,15,22-23,25,33H,9,14H2,1H3,(H2,32,34)/t22-,23+/m0/s1. The highest BCUT2D eigenvalue weighted by molar-refractivity contribution is 5.81. The van der Waals surface area contributed by atoms with Crippen LogP contribution in [0, 0.1) is 6.92 Å². The largest absolute Gasteiger partial charge is 0.435 e. The quantitative estimate of drug-likeness (QED) is 0.336. The smallest absolute Gasteiger partial charge is 0.416 e. The Morgan fingerprint density at radius 1 is 0.971 bits per heavy atom. The third kappa shape index (κ3) is 7.51. The molecule has 0 aliphatic rings. The van der Waals surface area contributed by atoms with Crippen LogP contribution in [0.3, 0.4) is 0 Å². The number of amides is 1. The van der Waals surface area contributed by atoms with Crippen LogP contribution < -0.4 is 15.8 Å². The van der Waals surface area contributed by atoms with Gasteiger partial charge >= 0.3 is 12.8 Å². The first-order valence-electron chi connectivity index (χ1n) is 10.9. The second kappa shape index (κ2) is 11.3. The van der Waals surface area contributed by atoms with E-state index in [1.807, 2.05) is 19.1 Å². The van der Waals surface area contributed by atoms with E-state index in [0.29, 0.717) is 29.5 Å². The van der Waals surface area contributed by atoms with E-state index in [4.69, 9.17) is 5.73 Å². The molecule has 2 atom stereocenters. The molecule has 1 amide bonds. The Kier molecular flexibility index (Phi) is 8.45. The van der Waals surface area contributed by atoms with Crippen LogP contribution in [0.25, 0.3) is 0 Å². The fraction of sp³-hybridized carbons (Fsp3) is 0.269. The lowest BCUT2D eigenvalue weighted by Crippen LogP contribution is -2.36. The topological polar surface area (TPSA) is 64.3 Å². The Morgan fingerprint density at radius 2 is 1.63 bits per heavy atom.